The average molecular weight is 437 g/mol. The van der Waals surface area contributed by atoms with E-state index < -0.39 is 0 Å². The maximum Gasteiger partial charge on any atom is 0.234 e. The zero-order valence-corrected chi connectivity index (χ0v) is 18.1. The number of nitrogens with zero attached hydrogens (tertiary/aromatic N) is 4. The Morgan fingerprint density at radius 3 is 2.47 bits per heavy atom. The van der Waals surface area contributed by atoms with E-state index in [2.05, 4.69) is 25.9 Å². The number of para-hydroxylation sites is 2. The molecule has 0 unspecified atom stereocenters. The van der Waals surface area contributed by atoms with Crippen molar-refractivity contribution >= 4 is 45.5 Å². The van der Waals surface area contributed by atoms with Gasteiger partial charge in [-0.25, -0.2) is 4.68 Å². The predicted molar refractivity (Wildman–Crippen MR) is 122 cm³/mol. The first kappa shape index (κ1) is 20.1. The number of amides is 1. The average Bonchev–Trinajstić information content (AvgIpc) is 3.33. The monoisotopic (exact) mass is 436 g/mol. The van der Waals surface area contributed by atoms with Gasteiger partial charge in [-0.3, -0.25) is 4.79 Å². The molecular formula is C21H20N6OS2. The third-order valence-electron chi connectivity index (χ3n) is 4.31. The second kappa shape index (κ2) is 9.10. The molecule has 2 aromatic carbocycles. The summed E-state index contributed by atoms with van der Waals surface area (Å²) in [6.45, 7) is 3.84. The first-order valence-electron chi connectivity index (χ1n) is 9.30. The molecule has 2 N–H and O–H groups in total. The highest BCUT2D eigenvalue weighted by Crippen LogP contribution is 2.28. The molecule has 1 amide bonds. The smallest absolute Gasteiger partial charge is 0.234 e. The molecule has 0 saturated heterocycles. The summed E-state index contributed by atoms with van der Waals surface area (Å²) >= 11 is 2.78. The molecule has 2 aromatic heterocycles. The van der Waals surface area contributed by atoms with E-state index >= 15 is 0 Å². The largest absolute Gasteiger partial charge is 0.330 e. The lowest BCUT2D eigenvalue weighted by molar-refractivity contribution is -0.113. The maximum absolute atomic E-state index is 12.5. The highest BCUT2D eigenvalue weighted by Gasteiger charge is 2.16. The third-order valence-corrected chi connectivity index (χ3v) is 6.29. The van der Waals surface area contributed by atoms with Gasteiger partial charge in [0.2, 0.25) is 11.0 Å². The zero-order chi connectivity index (χ0) is 20.9. The molecule has 0 aliphatic carbocycles. The normalized spacial score (nSPS) is 10.7. The number of hydrogen-bond acceptors (Lipinski definition) is 7. The molecule has 7 nitrogen and oxygen atoms in total. The summed E-state index contributed by atoms with van der Waals surface area (Å²) in [6.07, 6.45) is 0. The number of hydrogen-bond donors (Lipinski definition) is 2. The SMILES string of the molecule is Cc1nn(-c2ccccc2)c(C)c1NC(=O)CSc1nnc(Nc2ccccc2)s1. The Kier molecular flexibility index (Phi) is 6.10. The summed E-state index contributed by atoms with van der Waals surface area (Å²) in [5.74, 6) is 0.140. The highest BCUT2D eigenvalue weighted by molar-refractivity contribution is 8.01. The van der Waals surface area contributed by atoms with Crippen LogP contribution in [-0.2, 0) is 4.79 Å². The summed E-state index contributed by atoms with van der Waals surface area (Å²) in [5, 5.41) is 19.7. The van der Waals surface area contributed by atoms with Crippen molar-refractivity contribution in [2.24, 2.45) is 0 Å². The van der Waals surface area contributed by atoms with Gasteiger partial charge in [0.15, 0.2) is 4.34 Å². The molecule has 0 atom stereocenters. The van der Waals surface area contributed by atoms with Crippen LogP contribution in [0.5, 0.6) is 0 Å². The minimum absolute atomic E-state index is 0.105. The van der Waals surface area contributed by atoms with Gasteiger partial charge < -0.3 is 10.6 Å². The summed E-state index contributed by atoms with van der Waals surface area (Å²) < 4.78 is 2.57. The third kappa shape index (κ3) is 4.69. The first-order valence-corrected chi connectivity index (χ1v) is 11.1. The van der Waals surface area contributed by atoms with Gasteiger partial charge in [0.05, 0.1) is 28.5 Å². The van der Waals surface area contributed by atoms with Crippen LogP contribution < -0.4 is 10.6 Å². The topological polar surface area (TPSA) is 84.7 Å². The van der Waals surface area contributed by atoms with Crippen LogP contribution in [0, 0.1) is 13.8 Å². The highest BCUT2D eigenvalue weighted by atomic mass is 32.2. The van der Waals surface area contributed by atoms with Crippen molar-refractivity contribution in [3.8, 4) is 5.69 Å². The quantitative estimate of drug-likeness (QED) is 0.404. The molecule has 0 radical (unpaired) electrons. The van der Waals surface area contributed by atoms with Crippen LogP contribution in [0.3, 0.4) is 0 Å². The van der Waals surface area contributed by atoms with Crippen LogP contribution in [0.15, 0.2) is 65.0 Å². The number of carbonyl (C=O) groups is 1. The molecule has 0 bridgehead atoms. The summed E-state index contributed by atoms with van der Waals surface area (Å²) in [4.78, 5) is 12.5. The van der Waals surface area contributed by atoms with Gasteiger partial charge in [-0.1, -0.05) is 59.5 Å². The predicted octanol–water partition coefficient (Wildman–Crippen LogP) is 4.82. The Labute approximate surface area is 182 Å². The molecule has 0 aliphatic rings. The van der Waals surface area contributed by atoms with Crippen molar-refractivity contribution < 1.29 is 4.79 Å². The molecule has 9 heteroatoms. The lowest BCUT2D eigenvalue weighted by Crippen LogP contribution is -2.15. The Morgan fingerprint density at radius 2 is 1.73 bits per heavy atom. The molecule has 0 saturated carbocycles. The molecule has 0 fully saturated rings. The van der Waals surface area contributed by atoms with Crippen LogP contribution in [0.4, 0.5) is 16.5 Å². The number of aryl methyl sites for hydroxylation is 1. The summed E-state index contributed by atoms with van der Waals surface area (Å²) in [5.41, 5.74) is 4.32. The van der Waals surface area contributed by atoms with E-state index in [9.17, 15) is 4.79 Å². The summed E-state index contributed by atoms with van der Waals surface area (Å²) in [7, 11) is 0. The molecular weight excluding hydrogens is 416 g/mol. The van der Waals surface area contributed by atoms with Gasteiger partial charge in [-0.15, -0.1) is 10.2 Å². The van der Waals surface area contributed by atoms with E-state index in [1.54, 1.807) is 0 Å². The van der Waals surface area contributed by atoms with Crippen molar-refractivity contribution in [3.05, 3.63) is 72.1 Å². The number of aromatic nitrogens is 4. The molecule has 4 rings (SSSR count). The van der Waals surface area contributed by atoms with Crippen LogP contribution in [0.25, 0.3) is 5.69 Å². The fourth-order valence-electron chi connectivity index (χ4n) is 2.91. The van der Waals surface area contributed by atoms with E-state index in [0.717, 1.165) is 32.8 Å². The molecule has 0 spiro atoms. The lowest BCUT2D eigenvalue weighted by Gasteiger charge is -2.06. The standard InChI is InChI=1S/C21H20N6OS2/c1-14-19(15(2)27(26-14)17-11-7-4-8-12-17)23-18(28)13-29-21-25-24-20(30-21)22-16-9-5-3-6-10-16/h3-12H,13H2,1-2H3,(H,22,24)(H,23,28). The molecule has 4 aromatic rings. The number of anilines is 3. The van der Waals surface area contributed by atoms with Gasteiger partial charge >= 0.3 is 0 Å². The Morgan fingerprint density at radius 1 is 1.03 bits per heavy atom. The number of benzene rings is 2. The lowest BCUT2D eigenvalue weighted by atomic mass is 10.3. The van der Waals surface area contributed by atoms with E-state index in [1.807, 2.05) is 79.2 Å². The van der Waals surface area contributed by atoms with Gasteiger partial charge in [0.25, 0.3) is 0 Å². The van der Waals surface area contributed by atoms with Crippen molar-refractivity contribution in [3.63, 3.8) is 0 Å². The minimum atomic E-state index is -0.105. The van der Waals surface area contributed by atoms with Crippen molar-refractivity contribution in [1.29, 1.82) is 0 Å². The second-order valence-corrected chi connectivity index (χ2v) is 8.69. The minimum Gasteiger partial charge on any atom is -0.330 e. The number of rotatable bonds is 7. The Balaban J connectivity index is 1.36. The van der Waals surface area contributed by atoms with E-state index in [1.165, 1.54) is 23.1 Å². The molecule has 0 aliphatic heterocycles. The van der Waals surface area contributed by atoms with Gasteiger partial charge in [0, 0.05) is 5.69 Å². The van der Waals surface area contributed by atoms with Gasteiger partial charge in [-0.05, 0) is 38.1 Å². The number of nitrogens with one attached hydrogen (secondary N) is 2. The maximum atomic E-state index is 12.5. The van der Waals surface area contributed by atoms with Gasteiger partial charge in [-0.2, -0.15) is 5.10 Å². The van der Waals surface area contributed by atoms with Crippen LogP contribution in [0.2, 0.25) is 0 Å². The van der Waals surface area contributed by atoms with E-state index in [4.69, 9.17) is 0 Å². The zero-order valence-electron chi connectivity index (χ0n) is 16.5. The van der Waals surface area contributed by atoms with Crippen molar-refractivity contribution in [2.75, 3.05) is 16.4 Å². The molecule has 2 heterocycles. The van der Waals surface area contributed by atoms with Crippen LogP contribution in [-0.4, -0.2) is 31.6 Å². The first-order chi connectivity index (χ1) is 14.6. The van der Waals surface area contributed by atoms with Gasteiger partial charge in [0.1, 0.15) is 0 Å². The van der Waals surface area contributed by atoms with Crippen molar-refractivity contribution in [2.45, 2.75) is 18.2 Å². The second-order valence-electron chi connectivity index (χ2n) is 6.49. The number of thioether (sulfide) groups is 1. The number of carbonyl (C=O) groups excluding carboxylic acids is 1. The fraction of sp³-hybridized carbons (Fsp3) is 0.143. The Bertz CT molecular complexity index is 1140. The van der Waals surface area contributed by atoms with Crippen molar-refractivity contribution in [1.82, 2.24) is 20.0 Å². The molecule has 152 valence electrons. The fourth-order valence-corrected chi connectivity index (χ4v) is 4.48. The van der Waals surface area contributed by atoms with E-state index in [0.29, 0.717) is 5.13 Å². The van der Waals surface area contributed by atoms with Crippen LogP contribution in [0.1, 0.15) is 11.4 Å². The Hall–Kier alpha value is -3.17. The summed E-state index contributed by atoms with van der Waals surface area (Å²) in [6, 6.07) is 19.6. The van der Waals surface area contributed by atoms with Crippen LogP contribution >= 0.6 is 23.1 Å². The molecule has 30 heavy (non-hydrogen) atoms. The van der Waals surface area contributed by atoms with E-state index in [-0.39, 0.29) is 11.7 Å².